The summed E-state index contributed by atoms with van der Waals surface area (Å²) < 4.78 is 4.63. The zero-order chi connectivity index (χ0) is 11.3. The van der Waals surface area contributed by atoms with E-state index in [1.807, 2.05) is 6.08 Å². The molecule has 0 aromatic carbocycles. The summed E-state index contributed by atoms with van der Waals surface area (Å²) in [6, 6.07) is 0. The van der Waals surface area contributed by atoms with Gasteiger partial charge in [-0.15, -0.1) is 0 Å². The lowest BCUT2D eigenvalue weighted by molar-refractivity contribution is -0.136. The molecule has 1 rings (SSSR count). The molecule has 0 radical (unpaired) electrons. The summed E-state index contributed by atoms with van der Waals surface area (Å²) in [5.41, 5.74) is 0.691. The van der Waals surface area contributed by atoms with E-state index in [0.29, 0.717) is 5.57 Å². The van der Waals surface area contributed by atoms with Gasteiger partial charge in [0, 0.05) is 38.3 Å². The Hall–Kier alpha value is -0.870. The second-order valence-corrected chi connectivity index (χ2v) is 3.98. The fraction of sp³-hybridized carbons (Fsp3) is 0.727. The third-order valence-corrected chi connectivity index (χ3v) is 2.76. The first-order chi connectivity index (χ1) is 7.13. The quantitative estimate of drug-likeness (QED) is 0.499. The molecule has 0 atom stereocenters. The highest BCUT2D eigenvalue weighted by Gasteiger charge is 2.12. The Bertz CT molecular complexity index is 243. The third-order valence-electron chi connectivity index (χ3n) is 2.76. The number of piperazine rings is 1. The molecule has 0 aromatic heterocycles. The van der Waals surface area contributed by atoms with Gasteiger partial charge in [0.1, 0.15) is 0 Å². The Kier molecular flexibility index (Phi) is 4.78. The van der Waals surface area contributed by atoms with Crippen molar-refractivity contribution in [2.45, 2.75) is 6.92 Å². The molecule has 0 bridgehead atoms. The third kappa shape index (κ3) is 4.01. The van der Waals surface area contributed by atoms with Crippen LogP contribution < -0.4 is 0 Å². The van der Waals surface area contributed by atoms with Gasteiger partial charge in [0.05, 0.1) is 7.11 Å². The maximum absolute atomic E-state index is 11.1. The van der Waals surface area contributed by atoms with Crippen LogP contribution in [0.3, 0.4) is 0 Å². The van der Waals surface area contributed by atoms with Crippen molar-refractivity contribution in [3.63, 3.8) is 0 Å². The van der Waals surface area contributed by atoms with Crippen LogP contribution in [-0.4, -0.2) is 62.7 Å². The van der Waals surface area contributed by atoms with Crippen molar-refractivity contribution in [2.24, 2.45) is 0 Å². The predicted molar refractivity (Wildman–Crippen MR) is 59.7 cm³/mol. The SMILES string of the molecule is COC(=O)C(C)=CCN1CCN(C)CC1. The van der Waals surface area contributed by atoms with Gasteiger partial charge in [0.25, 0.3) is 0 Å². The highest BCUT2D eigenvalue weighted by atomic mass is 16.5. The van der Waals surface area contributed by atoms with Crippen LogP contribution in [-0.2, 0) is 9.53 Å². The molecule has 1 heterocycles. The lowest BCUT2D eigenvalue weighted by Gasteiger charge is -2.31. The van der Waals surface area contributed by atoms with Gasteiger partial charge in [-0.3, -0.25) is 4.90 Å². The van der Waals surface area contributed by atoms with E-state index in [1.165, 1.54) is 7.11 Å². The van der Waals surface area contributed by atoms with E-state index in [1.54, 1.807) is 6.92 Å². The van der Waals surface area contributed by atoms with Crippen LogP contribution in [0.15, 0.2) is 11.6 Å². The van der Waals surface area contributed by atoms with Gasteiger partial charge in [-0.1, -0.05) is 6.08 Å². The molecular formula is C11H20N2O2. The van der Waals surface area contributed by atoms with Crippen LogP contribution >= 0.6 is 0 Å². The number of rotatable bonds is 3. The van der Waals surface area contributed by atoms with E-state index < -0.39 is 0 Å². The average Bonchev–Trinajstić information content (AvgIpc) is 2.26. The topological polar surface area (TPSA) is 32.8 Å². The van der Waals surface area contributed by atoms with Gasteiger partial charge in [0.2, 0.25) is 0 Å². The molecule has 0 N–H and O–H groups in total. The van der Waals surface area contributed by atoms with Crippen molar-refractivity contribution in [2.75, 3.05) is 46.9 Å². The largest absolute Gasteiger partial charge is 0.466 e. The van der Waals surface area contributed by atoms with E-state index in [2.05, 4.69) is 21.6 Å². The molecule has 0 aliphatic carbocycles. The first kappa shape index (κ1) is 12.2. The highest BCUT2D eigenvalue weighted by Crippen LogP contribution is 2.01. The number of methoxy groups -OCH3 is 1. The minimum atomic E-state index is -0.232. The van der Waals surface area contributed by atoms with Gasteiger partial charge >= 0.3 is 5.97 Å². The summed E-state index contributed by atoms with van der Waals surface area (Å²) >= 11 is 0. The maximum Gasteiger partial charge on any atom is 0.333 e. The van der Waals surface area contributed by atoms with Crippen LogP contribution in [0.5, 0.6) is 0 Å². The van der Waals surface area contributed by atoms with Gasteiger partial charge in [0.15, 0.2) is 0 Å². The summed E-state index contributed by atoms with van der Waals surface area (Å²) in [6.45, 7) is 6.98. The predicted octanol–water partition coefficient (Wildman–Crippen LogP) is 0.353. The number of carbonyl (C=O) groups is 1. The number of carbonyl (C=O) groups excluding carboxylic acids is 1. The fourth-order valence-corrected chi connectivity index (χ4v) is 1.54. The molecule has 4 nitrogen and oxygen atoms in total. The van der Waals surface area contributed by atoms with Crippen molar-refractivity contribution in [1.82, 2.24) is 9.80 Å². The second kappa shape index (κ2) is 5.88. The molecular weight excluding hydrogens is 192 g/mol. The van der Waals surface area contributed by atoms with Crippen molar-refractivity contribution >= 4 is 5.97 Å². The minimum Gasteiger partial charge on any atom is -0.466 e. The summed E-state index contributed by atoms with van der Waals surface area (Å²) in [4.78, 5) is 15.8. The van der Waals surface area contributed by atoms with E-state index in [4.69, 9.17) is 0 Å². The Balaban J connectivity index is 2.33. The Labute approximate surface area is 91.5 Å². The molecule has 86 valence electrons. The molecule has 1 aliphatic rings. The summed E-state index contributed by atoms with van der Waals surface area (Å²) in [5, 5.41) is 0. The monoisotopic (exact) mass is 212 g/mol. The fourth-order valence-electron chi connectivity index (χ4n) is 1.54. The number of esters is 1. The molecule has 0 saturated carbocycles. The van der Waals surface area contributed by atoms with Crippen LogP contribution in [0, 0.1) is 0 Å². The van der Waals surface area contributed by atoms with Crippen LogP contribution in [0.4, 0.5) is 0 Å². The van der Waals surface area contributed by atoms with E-state index in [0.717, 1.165) is 32.7 Å². The second-order valence-electron chi connectivity index (χ2n) is 3.98. The highest BCUT2D eigenvalue weighted by molar-refractivity contribution is 5.87. The van der Waals surface area contributed by atoms with Gasteiger partial charge in [-0.25, -0.2) is 4.79 Å². The van der Waals surface area contributed by atoms with Crippen molar-refractivity contribution < 1.29 is 9.53 Å². The van der Waals surface area contributed by atoms with E-state index >= 15 is 0 Å². The first-order valence-corrected chi connectivity index (χ1v) is 5.29. The molecule has 1 aliphatic heterocycles. The lowest BCUT2D eigenvalue weighted by atomic mass is 10.2. The van der Waals surface area contributed by atoms with Gasteiger partial charge in [-0.2, -0.15) is 0 Å². The summed E-state index contributed by atoms with van der Waals surface area (Å²) in [7, 11) is 3.54. The van der Waals surface area contributed by atoms with Gasteiger partial charge < -0.3 is 9.64 Å². The zero-order valence-corrected chi connectivity index (χ0v) is 9.82. The molecule has 0 unspecified atom stereocenters. The molecule has 4 heteroatoms. The van der Waals surface area contributed by atoms with E-state index in [9.17, 15) is 4.79 Å². The van der Waals surface area contributed by atoms with Crippen LogP contribution in [0.25, 0.3) is 0 Å². The molecule has 15 heavy (non-hydrogen) atoms. The number of nitrogens with zero attached hydrogens (tertiary/aromatic N) is 2. The minimum absolute atomic E-state index is 0.232. The molecule has 0 amide bonds. The Morgan fingerprint density at radius 3 is 2.47 bits per heavy atom. The molecule has 0 aromatic rings. The standard InChI is InChI=1S/C11H20N2O2/c1-10(11(14)15-3)4-5-13-8-6-12(2)7-9-13/h4H,5-9H2,1-3H3. The van der Waals surface area contributed by atoms with Gasteiger partial charge in [-0.05, 0) is 14.0 Å². The zero-order valence-electron chi connectivity index (χ0n) is 9.82. The number of hydrogen-bond acceptors (Lipinski definition) is 4. The Morgan fingerprint density at radius 2 is 1.93 bits per heavy atom. The first-order valence-electron chi connectivity index (χ1n) is 5.29. The molecule has 0 spiro atoms. The lowest BCUT2D eigenvalue weighted by Crippen LogP contribution is -2.44. The molecule has 1 saturated heterocycles. The number of likely N-dealkylation sites (N-methyl/N-ethyl adjacent to an activating group) is 1. The smallest absolute Gasteiger partial charge is 0.333 e. The van der Waals surface area contributed by atoms with Crippen LogP contribution in [0.1, 0.15) is 6.92 Å². The number of hydrogen-bond donors (Lipinski definition) is 0. The maximum atomic E-state index is 11.1. The average molecular weight is 212 g/mol. The summed E-state index contributed by atoms with van der Waals surface area (Å²) in [5.74, 6) is -0.232. The van der Waals surface area contributed by atoms with Crippen molar-refractivity contribution in [1.29, 1.82) is 0 Å². The Morgan fingerprint density at radius 1 is 1.33 bits per heavy atom. The normalized spacial score (nSPS) is 20.3. The van der Waals surface area contributed by atoms with E-state index in [-0.39, 0.29) is 5.97 Å². The summed E-state index contributed by atoms with van der Waals surface area (Å²) in [6.07, 6.45) is 1.94. The molecule has 1 fully saturated rings. The van der Waals surface area contributed by atoms with Crippen molar-refractivity contribution in [3.8, 4) is 0 Å². The number of ether oxygens (including phenoxy) is 1. The van der Waals surface area contributed by atoms with Crippen LogP contribution in [0.2, 0.25) is 0 Å². The van der Waals surface area contributed by atoms with Crippen molar-refractivity contribution in [3.05, 3.63) is 11.6 Å².